The summed E-state index contributed by atoms with van der Waals surface area (Å²) in [6, 6.07) is 12.2. The summed E-state index contributed by atoms with van der Waals surface area (Å²) in [7, 11) is 0. The van der Waals surface area contributed by atoms with Gasteiger partial charge in [-0.05, 0) is 35.9 Å². The molecule has 0 aliphatic carbocycles. The quantitative estimate of drug-likeness (QED) is 0.458. The molecule has 1 unspecified atom stereocenters. The minimum atomic E-state index is -1.03. The van der Waals surface area contributed by atoms with Gasteiger partial charge in [-0.3, -0.25) is 14.8 Å². The van der Waals surface area contributed by atoms with Crippen LogP contribution < -0.4 is 4.90 Å². The minimum Gasteiger partial charge on any atom is -0.598 e. The molecular weight excluding hydrogens is 446 g/mol. The monoisotopic (exact) mass is 471 g/mol. The van der Waals surface area contributed by atoms with Crippen molar-refractivity contribution >= 4 is 33.7 Å². The van der Waals surface area contributed by atoms with Crippen molar-refractivity contribution in [2.45, 2.75) is 24.8 Å². The largest absolute Gasteiger partial charge is 0.598 e. The van der Waals surface area contributed by atoms with Gasteiger partial charge in [0.1, 0.15) is 6.26 Å². The first-order valence-electron chi connectivity index (χ1n) is 11.4. The van der Waals surface area contributed by atoms with Crippen LogP contribution in [0.25, 0.3) is 21.9 Å². The van der Waals surface area contributed by atoms with Gasteiger partial charge >= 0.3 is 0 Å². The summed E-state index contributed by atoms with van der Waals surface area (Å²) in [6.45, 7) is 1.63. The lowest BCUT2D eigenvalue weighted by Gasteiger charge is -2.37. The number of H-pyrrole nitrogens is 1. The van der Waals surface area contributed by atoms with Crippen LogP contribution in [0.3, 0.4) is 0 Å². The van der Waals surface area contributed by atoms with Gasteiger partial charge in [0.15, 0.2) is 0 Å². The molecule has 8 heteroatoms. The van der Waals surface area contributed by atoms with Crippen LogP contribution in [-0.2, 0) is 28.1 Å². The molecule has 5 heterocycles. The van der Waals surface area contributed by atoms with Crippen LogP contribution in [0, 0.1) is 0 Å². The van der Waals surface area contributed by atoms with Crippen LogP contribution in [0.5, 0.6) is 0 Å². The maximum atomic E-state index is 14.1. The zero-order valence-electron chi connectivity index (χ0n) is 18.9. The summed E-state index contributed by atoms with van der Waals surface area (Å²) in [5, 5.41) is 2.17. The number of piperidine rings is 1. The van der Waals surface area contributed by atoms with Crippen molar-refractivity contribution in [1.29, 1.82) is 0 Å². The van der Waals surface area contributed by atoms with Gasteiger partial charge < -0.3 is 14.4 Å². The van der Waals surface area contributed by atoms with Gasteiger partial charge in [0.25, 0.3) is 0 Å². The van der Waals surface area contributed by atoms with Gasteiger partial charge in [-0.25, -0.2) is 0 Å². The molecule has 2 aliphatic heterocycles. The average molecular weight is 472 g/mol. The molecule has 1 spiro atoms. The van der Waals surface area contributed by atoms with E-state index in [9.17, 15) is 9.35 Å². The van der Waals surface area contributed by atoms with Crippen LogP contribution in [0.1, 0.15) is 24.1 Å². The number of amides is 1. The Balaban J connectivity index is 1.43. The maximum Gasteiger partial charge on any atom is 0.238 e. The Morgan fingerprint density at radius 1 is 1.15 bits per heavy atom. The molecule has 1 saturated heterocycles. The Morgan fingerprint density at radius 2 is 1.97 bits per heavy atom. The molecule has 1 atom stereocenters. The molecular formula is C26H25N5O2S. The van der Waals surface area contributed by atoms with E-state index in [2.05, 4.69) is 22.1 Å². The van der Waals surface area contributed by atoms with E-state index >= 15 is 0 Å². The third-order valence-corrected chi connectivity index (χ3v) is 8.37. The number of nitrogens with one attached hydrogen (secondary N) is 1. The molecule has 1 N–H and O–H groups in total. The fraction of sp³-hybridized carbons (Fsp3) is 0.269. The van der Waals surface area contributed by atoms with Crippen LogP contribution in [0.15, 0.2) is 67.4 Å². The molecule has 0 bridgehead atoms. The number of carbonyl (C=O) groups is 1. The summed E-state index contributed by atoms with van der Waals surface area (Å²) >= 11 is -1.03. The molecule has 1 aromatic carbocycles. The van der Waals surface area contributed by atoms with Crippen molar-refractivity contribution in [3.63, 3.8) is 0 Å². The van der Waals surface area contributed by atoms with E-state index in [0.717, 1.165) is 38.8 Å². The van der Waals surface area contributed by atoms with Gasteiger partial charge in [-0.15, -0.1) is 4.31 Å². The molecule has 1 fully saturated rings. The number of rotatable bonds is 4. The number of carbonyl (C=O) groups excluding carboxylic acids is 1. The molecule has 6 rings (SSSR count). The lowest BCUT2D eigenvalue weighted by molar-refractivity contribution is -0.124. The number of pyridine rings is 2. The highest BCUT2D eigenvalue weighted by atomic mass is 32.2. The summed E-state index contributed by atoms with van der Waals surface area (Å²) in [4.78, 5) is 28.2. The highest BCUT2D eigenvalue weighted by molar-refractivity contribution is 7.88. The van der Waals surface area contributed by atoms with E-state index < -0.39 is 16.8 Å². The van der Waals surface area contributed by atoms with E-state index in [1.807, 2.05) is 52.1 Å². The average Bonchev–Trinajstić information content (AvgIpc) is 3.47. The second-order valence-corrected chi connectivity index (χ2v) is 10.3. The molecule has 172 valence electrons. The second-order valence-electron chi connectivity index (χ2n) is 8.99. The Labute approximate surface area is 201 Å². The topological polar surface area (TPSA) is 88.2 Å². The van der Waals surface area contributed by atoms with Gasteiger partial charge in [0.05, 0.1) is 29.5 Å². The predicted octanol–water partition coefficient (Wildman–Crippen LogP) is 3.80. The third-order valence-electron chi connectivity index (χ3n) is 7.27. The number of fused-ring (bicyclic) bond motifs is 3. The van der Waals surface area contributed by atoms with Crippen LogP contribution in [0.4, 0.5) is 5.69 Å². The van der Waals surface area contributed by atoms with E-state index in [1.54, 1.807) is 18.6 Å². The SMILES string of the molecule is C[S+]([O-])N1CCC2(CC1)C(=O)N(Cc1ncc3ccccc3c1-c1cc[nH]c1)c1cnccc12. The number of benzene rings is 1. The summed E-state index contributed by atoms with van der Waals surface area (Å²) < 4.78 is 14.0. The van der Waals surface area contributed by atoms with Gasteiger partial charge in [-0.1, -0.05) is 24.3 Å². The highest BCUT2D eigenvalue weighted by Gasteiger charge is 2.53. The molecule has 2 aliphatic rings. The first-order chi connectivity index (χ1) is 16.6. The van der Waals surface area contributed by atoms with Crippen molar-refractivity contribution in [2.75, 3.05) is 24.2 Å². The van der Waals surface area contributed by atoms with Crippen molar-refractivity contribution in [3.05, 3.63) is 78.6 Å². The van der Waals surface area contributed by atoms with Crippen LogP contribution >= 0.6 is 0 Å². The number of hydrogen-bond acceptors (Lipinski definition) is 5. The Hall–Kier alpha value is -3.20. The summed E-state index contributed by atoms with van der Waals surface area (Å²) in [5.41, 5.74) is 4.22. The summed E-state index contributed by atoms with van der Waals surface area (Å²) in [5.74, 6) is 0.0898. The van der Waals surface area contributed by atoms with Crippen molar-refractivity contribution in [2.24, 2.45) is 0 Å². The van der Waals surface area contributed by atoms with Gasteiger partial charge in [0.2, 0.25) is 5.91 Å². The Morgan fingerprint density at radius 3 is 2.74 bits per heavy atom. The van der Waals surface area contributed by atoms with E-state index in [0.29, 0.717) is 32.5 Å². The standard InChI is InChI=1S/C26H25N5O2S/c1-34(33)30-12-8-26(9-13-30)21-7-11-28-16-23(21)31(25(26)32)17-22-24(19-6-10-27-14-19)20-5-3-2-4-18(20)15-29-22/h2-7,10-11,14-16,27H,8-9,12-13,17H2,1H3. The zero-order chi connectivity index (χ0) is 23.3. The summed E-state index contributed by atoms with van der Waals surface area (Å²) in [6.07, 6.45) is 12.3. The van der Waals surface area contributed by atoms with E-state index in [1.165, 1.54) is 0 Å². The predicted molar refractivity (Wildman–Crippen MR) is 134 cm³/mol. The fourth-order valence-electron chi connectivity index (χ4n) is 5.53. The third kappa shape index (κ3) is 3.25. The minimum absolute atomic E-state index is 0.0898. The lowest BCUT2D eigenvalue weighted by atomic mass is 9.74. The lowest BCUT2D eigenvalue weighted by Crippen LogP contribution is -2.49. The second kappa shape index (κ2) is 8.23. The number of aromatic amines is 1. The van der Waals surface area contributed by atoms with Crippen molar-refractivity contribution in [3.8, 4) is 11.1 Å². The molecule has 4 aromatic rings. The molecule has 0 saturated carbocycles. The maximum absolute atomic E-state index is 14.1. The van der Waals surface area contributed by atoms with E-state index in [4.69, 9.17) is 4.98 Å². The molecule has 0 radical (unpaired) electrons. The number of hydrogen-bond donors (Lipinski definition) is 1. The molecule has 34 heavy (non-hydrogen) atoms. The number of aromatic nitrogens is 3. The normalized spacial score (nSPS) is 18.5. The Kier molecular flexibility index (Phi) is 5.17. The van der Waals surface area contributed by atoms with Crippen molar-refractivity contribution in [1.82, 2.24) is 19.3 Å². The smallest absolute Gasteiger partial charge is 0.238 e. The van der Waals surface area contributed by atoms with Crippen molar-refractivity contribution < 1.29 is 9.35 Å². The fourth-order valence-corrected chi connectivity index (χ4v) is 6.23. The number of nitrogens with zero attached hydrogens (tertiary/aromatic N) is 4. The first kappa shape index (κ1) is 21.3. The molecule has 1 amide bonds. The van der Waals surface area contributed by atoms with Gasteiger partial charge in [0, 0.05) is 65.8 Å². The highest BCUT2D eigenvalue weighted by Crippen LogP contribution is 2.48. The Bertz CT molecular complexity index is 1360. The van der Waals surface area contributed by atoms with Gasteiger partial charge in [-0.2, -0.15) is 0 Å². The molecule has 3 aromatic heterocycles. The zero-order valence-corrected chi connectivity index (χ0v) is 19.7. The first-order valence-corrected chi connectivity index (χ1v) is 12.9. The number of anilines is 1. The van der Waals surface area contributed by atoms with Crippen LogP contribution in [0.2, 0.25) is 0 Å². The molecule has 7 nitrogen and oxygen atoms in total. The van der Waals surface area contributed by atoms with Crippen LogP contribution in [-0.4, -0.2) is 49.1 Å². The van der Waals surface area contributed by atoms with E-state index in [-0.39, 0.29) is 5.91 Å².